The highest BCUT2D eigenvalue weighted by molar-refractivity contribution is 5.94. The van der Waals surface area contributed by atoms with Crippen LogP contribution in [-0.4, -0.2) is 40.9 Å². The number of carbonyl (C=O) groups excluding carboxylic acids is 2. The lowest BCUT2D eigenvalue weighted by atomic mass is 10.1. The van der Waals surface area contributed by atoms with Gasteiger partial charge in [-0.15, -0.1) is 0 Å². The molecule has 3 rings (SSSR count). The Morgan fingerprint density at radius 3 is 2.14 bits per heavy atom. The molecule has 2 aromatic carbocycles. The molecule has 0 fully saturated rings. The van der Waals surface area contributed by atoms with Gasteiger partial charge >= 0.3 is 0 Å². The second-order valence-electron chi connectivity index (χ2n) is 8.06. The van der Waals surface area contributed by atoms with E-state index in [0.717, 1.165) is 5.56 Å². The standard InChI is InChI=1S/C26H28F2N4O3/c1-4-31(15-18-5-9-20(27)10-6-18)24(33)16-32-23(19-7-11-21(28)12-8-19)14-13-22(26(32)35)30-25(34)17(2)29-3/h5-14,17,29H,4,15-16H2,1-3H3,(H,30,34)/t17-/m0/s1. The number of hydrogen-bond donors (Lipinski definition) is 2. The molecular weight excluding hydrogens is 454 g/mol. The van der Waals surface area contributed by atoms with E-state index in [-0.39, 0.29) is 30.5 Å². The van der Waals surface area contributed by atoms with Crippen LogP contribution in [0.25, 0.3) is 11.3 Å². The number of aromatic nitrogens is 1. The van der Waals surface area contributed by atoms with E-state index in [2.05, 4.69) is 10.6 Å². The molecule has 7 nitrogen and oxygen atoms in total. The molecule has 0 bridgehead atoms. The van der Waals surface area contributed by atoms with Crippen molar-refractivity contribution in [1.82, 2.24) is 14.8 Å². The smallest absolute Gasteiger partial charge is 0.275 e. The van der Waals surface area contributed by atoms with Gasteiger partial charge in [0.05, 0.1) is 11.7 Å². The predicted octanol–water partition coefficient (Wildman–Crippen LogP) is 3.39. The number of pyridine rings is 1. The molecule has 0 saturated carbocycles. The van der Waals surface area contributed by atoms with Gasteiger partial charge in [0.2, 0.25) is 11.8 Å². The number of benzene rings is 2. The van der Waals surface area contributed by atoms with Gasteiger partial charge in [0.1, 0.15) is 23.9 Å². The second kappa shape index (κ2) is 11.5. The molecule has 0 aliphatic heterocycles. The Morgan fingerprint density at radius 2 is 1.57 bits per heavy atom. The minimum atomic E-state index is -0.560. The van der Waals surface area contributed by atoms with Crippen molar-refractivity contribution in [2.45, 2.75) is 33.0 Å². The van der Waals surface area contributed by atoms with Gasteiger partial charge in [-0.2, -0.15) is 0 Å². The lowest BCUT2D eigenvalue weighted by Crippen LogP contribution is -2.39. The molecule has 0 aliphatic carbocycles. The first-order valence-corrected chi connectivity index (χ1v) is 11.2. The first-order valence-electron chi connectivity index (χ1n) is 11.2. The SMILES string of the molecule is CCN(Cc1ccc(F)cc1)C(=O)Cn1c(-c2ccc(F)cc2)ccc(NC(=O)[C@H](C)NC)c1=O. The highest BCUT2D eigenvalue weighted by Crippen LogP contribution is 2.21. The molecule has 9 heteroatoms. The molecule has 0 radical (unpaired) electrons. The summed E-state index contributed by atoms with van der Waals surface area (Å²) < 4.78 is 28.0. The number of likely N-dealkylation sites (N-methyl/N-ethyl adjacent to an activating group) is 2. The molecular formula is C26H28F2N4O3. The van der Waals surface area contributed by atoms with E-state index in [1.807, 2.05) is 0 Å². The van der Waals surface area contributed by atoms with E-state index in [0.29, 0.717) is 17.8 Å². The summed E-state index contributed by atoms with van der Waals surface area (Å²) in [6.45, 7) is 3.77. The Morgan fingerprint density at radius 1 is 0.971 bits per heavy atom. The summed E-state index contributed by atoms with van der Waals surface area (Å²) in [6, 6.07) is 14.0. The van der Waals surface area contributed by atoms with Crippen LogP contribution < -0.4 is 16.2 Å². The number of anilines is 1. The van der Waals surface area contributed by atoms with E-state index in [9.17, 15) is 23.2 Å². The maximum atomic E-state index is 13.5. The third-order valence-electron chi connectivity index (χ3n) is 5.71. The van der Waals surface area contributed by atoms with Crippen LogP contribution in [-0.2, 0) is 22.7 Å². The topological polar surface area (TPSA) is 83.4 Å². The molecule has 1 atom stereocenters. The van der Waals surface area contributed by atoms with Crippen LogP contribution in [0.15, 0.2) is 65.5 Å². The highest BCUT2D eigenvalue weighted by atomic mass is 19.1. The van der Waals surface area contributed by atoms with Crippen LogP contribution in [0.2, 0.25) is 0 Å². The molecule has 1 heterocycles. The Labute approximate surface area is 202 Å². The first kappa shape index (κ1) is 25.8. The molecule has 0 aliphatic rings. The predicted molar refractivity (Wildman–Crippen MR) is 131 cm³/mol. The molecule has 0 saturated heterocycles. The molecule has 0 spiro atoms. The Hall–Kier alpha value is -3.85. The van der Waals surface area contributed by atoms with Crippen LogP contribution in [0.3, 0.4) is 0 Å². The third kappa shape index (κ3) is 6.39. The molecule has 2 N–H and O–H groups in total. The van der Waals surface area contributed by atoms with Crippen LogP contribution >= 0.6 is 0 Å². The van der Waals surface area contributed by atoms with Crippen LogP contribution in [0.1, 0.15) is 19.4 Å². The van der Waals surface area contributed by atoms with E-state index >= 15 is 0 Å². The normalized spacial score (nSPS) is 11.7. The fourth-order valence-electron chi connectivity index (χ4n) is 3.50. The minimum Gasteiger partial charge on any atom is -0.337 e. The van der Waals surface area contributed by atoms with Crippen LogP contribution in [0, 0.1) is 11.6 Å². The zero-order valence-corrected chi connectivity index (χ0v) is 19.8. The van der Waals surface area contributed by atoms with Crippen molar-refractivity contribution in [3.8, 4) is 11.3 Å². The van der Waals surface area contributed by atoms with Gasteiger partial charge < -0.3 is 15.5 Å². The van der Waals surface area contributed by atoms with E-state index < -0.39 is 23.3 Å². The first-order chi connectivity index (χ1) is 16.7. The average molecular weight is 483 g/mol. The van der Waals surface area contributed by atoms with Gasteiger partial charge in [-0.3, -0.25) is 19.0 Å². The number of amides is 2. The number of nitrogens with zero attached hydrogens (tertiary/aromatic N) is 2. The number of hydrogen-bond acceptors (Lipinski definition) is 4. The third-order valence-corrected chi connectivity index (χ3v) is 5.71. The van der Waals surface area contributed by atoms with E-state index in [1.54, 1.807) is 44.0 Å². The highest BCUT2D eigenvalue weighted by Gasteiger charge is 2.20. The van der Waals surface area contributed by atoms with E-state index in [1.165, 1.54) is 47.0 Å². The summed E-state index contributed by atoms with van der Waals surface area (Å²) in [5, 5.41) is 5.40. The fourth-order valence-corrected chi connectivity index (χ4v) is 3.50. The lowest BCUT2D eigenvalue weighted by Gasteiger charge is -2.23. The maximum Gasteiger partial charge on any atom is 0.275 e. The molecule has 2 amide bonds. The van der Waals surface area contributed by atoms with Crippen molar-refractivity contribution in [1.29, 1.82) is 0 Å². The van der Waals surface area contributed by atoms with Crippen molar-refractivity contribution in [3.05, 3.63) is 88.2 Å². The van der Waals surface area contributed by atoms with Gasteiger partial charge in [0, 0.05) is 13.1 Å². The summed E-state index contributed by atoms with van der Waals surface area (Å²) in [5.41, 5.74) is 1.15. The Balaban J connectivity index is 1.97. The average Bonchev–Trinajstić information content (AvgIpc) is 2.86. The number of nitrogens with one attached hydrogen (secondary N) is 2. The van der Waals surface area contributed by atoms with Gasteiger partial charge in [-0.05, 0) is 80.6 Å². The Bertz CT molecular complexity index is 1240. The van der Waals surface area contributed by atoms with Crippen molar-refractivity contribution < 1.29 is 18.4 Å². The summed E-state index contributed by atoms with van der Waals surface area (Å²) >= 11 is 0. The molecule has 3 aromatic rings. The second-order valence-corrected chi connectivity index (χ2v) is 8.06. The molecule has 0 unspecified atom stereocenters. The van der Waals surface area contributed by atoms with Crippen molar-refractivity contribution in [3.63, 3.8) is 0 Å². The van der Waals surface area contributed by atoms with E-state index in [4.69, 9.17) is 0 Å². The van der Waals surface area contributed by atoms with Gasteiger partial charge in [0.25, 0.3) is 5.56 Å². The number of carbonyl (C=O) groups is 2. The molecule has 1 aromatic heterocycles. The lowest BCUT2D eigenvalue weighted by molar-refractivity contribution is -0.132. The zero-order valence-electron chi connectivity index (χ0n) is 19.8. The zero-order chi connectivity index (χ0) is 25.5. The summed E-state index contributed by atoms with van der Waals surface area (Å²) in [6.07, 6.45) is 0. The van der Waals surface area contributed by atoms with Crippen molar-refractivity contribution in [2.75, 3.05) is 18.9 Å². The van der Waals surface area contributed by atoms with Gasteiger partial charge in [-0.25, -0.2) is 8.78 Å². The van der Waals surface area contributed by atoms with Crippen molar-refractivity contribution >= 4 is 17.5 Å². The van der Waals surface area contributed by atoms with Gasteiger partial charge in [-0.1, -0.05) is 12.1 Å². The number of halogens is 2. The maximum absolute atomic E-state index is 13.5. The monoisotopic (exact) mass is 482 g/mol. The molecule has 35 heavy (non-hydrogen) atoms. The fraction of sp³-hybridized carbons (Fsp3) is 0.269. The summed E-state index contributed by atoms with van der Waals surface area (Å²) in [7, 11) is 1.62. The van der Waals surface area contributed by atoms with Gasteiger partial charge in [0.15, 0.2) is 0 Å². The van der Waals surface area contributed by atoms with Crippen molar-refractivity contribution in [2.24, 2.45) is 0 Å². The largest absolute Gasteiger partial charge is 0.337 e. The quantitative estimate of drug-likeness (QED) is 0.490. The molecule has 184 valence electrons. The van der Waals surface area contributed by atoms with Crippen LogP contribution in [0.4, 0.5) is 14.5 Å². The summed E-state index contributed by atoms with van der Waals surface area (Å²) in [4.78, 5) is 40.5. The Kier molecular flexibility index (Phi) is 8.48. The summed E-state index contributed by atoms with van der Waals surface area (Å²) in [5.74, 6) is -1.54. The minimum absolute atomic E-state index is 0.0253. The number of rotatable bonds is 9. The van der Waals surface area contributed by atoms with Crippen LogP contribution in [0.5, 0.6) is 0 Å².